The number of tetrazole rings is 1. The molecule has 0 aliphatic carbocycles. The van der Waals surface area contributed by atoms with Crippen LogP contribution in [-0.4, -0.2) is 31.2 Å². The van der Waals surface area contributed by atoms with E-state index in [1.807, 2.05) is 19.1 Å². The summed E-state index contributed by atoms with van der Waals surface area (Å²) in [6.07, 6.45) is 0. The van der Waals surface area contributed by atoms with E-state index < -0.39 is 0 Å². The average molecular weight is 318 g/mol. The van der Waals surface area contributed by atoms with Crippen LogP contribution < -0.4 is 10.6 Å². The molecule has 0 fully saturated rings. The Labute approximate surface area is 134 Å². The highest BCUT2D eigenvalue weighted by molar-refractivity contribution is 7.80. The summed E-state index contributed by atoms with van der Waals surface area (Å²) in [6.45, 7) is 6.70. The number of carbonyl (C=O) groups excluding carboxylic acids is 1. The minimum Gasteiger partial charge on any atom is -0.299 e. The van der Waals surface area contributed by atoms with Crippen molar-refractivity contribution in [3.8, 4) is 0 Å². The largest absolute Gasteiger partial charge is 0.299 e. The van der Waals surface area contributed by atoms with Gasteiger partial charge in [0.25, 0.3) is 11.9 Å². The summed E-state index contributed by atoms with van der Waals surface area (Å²) < 4.78 is 0. The van der Waals surface area contributed by atoms with Gasteiger partial charge in [-0.25, -0.2) is 0 Å². The molecule has 116 valence electrons. The maximum atomic E-state index is 12.0. The number of aromatic nitrogens is 4. The van der Waals surface area contributed by atoms with Crippen molar-refractivity contribution in [2.24, 2.45) is 5.92 Å². The van der Waals surface area contributed by atoms with Crippen molar-refractivity contribution >= 4 is 29.2 Å². The van der Waals surface area contributed by atoms with Crippen molar-refractivity contribution in [1.82, 2.24) is 25.5 Å². The van der Waals surface area contributed by atoms with E-state index in [0.717, 1.165) is 5.56 Å². The maximum absolute atomic E-state index is 12.0. The number of benzene rings is 1. The van der Waals surface area contributed by atoms with Gasteiger partial charge in [0.1, 0.15) is 0 Å². The fourth-order valence-corrected chi connectivity index (χ4v) is 1.98. The molecule has 0 bridgehead atoms. The van der Waals surface area contributed by atoms with Gasteiger partial charge in [-0.1, -0.05) is 36.6 Å². The Morgan fingerprint density at radius 2 is 2.18 bits per heavy atom. The summed E-state index contributed by atoms with van der Waals surface area (Å²) in [5.74, 6) is 0.390. The summed E-state index contributed by atoms with van der Waals surface area (Å²) in [5, 5.41) is 17.3. The molecule has 1 aromatic carbocycles. The van der Waals surface area contributed by atoms with Gasteiger partial charge >= 0.3 is 0 Å². The first-order valence-electron chi connectivity index (χ1n) is 6.91. The molecule has 2 rings (SSSR count). The van der Waals surface area contributed by atoms with Crippen molar-refractivity contribution in [3.63, 3.8) is 0 Å². The van der Waals surface area contributed by atoms with Crippen LogP contribution in [0.5, 0.6) is 0 Å². The lowest BCUT2D eigenvalue weighted by Gasteiger charge is -2.07. The van der Waals surface area contributed by atoms with Gasteiger partial charge in [0.2, 0.25) is 0 Å². The Balaban J connectivity index is 1.92. The smallest absolute Gasteiger partial charge is 0.269 e. The van der Waals surface area contributed by atoms with E-state index in [1.54, 1.807) is 12.1 Å². The van der Waals surface area contributed by atoms with Crippen LogP contribution in [0.2, 0.25) is 0 Å². The number of thiocarbonyl (C=S) groups is 1. The number of rotatable bonds is 4. The molecule has 8 heteroatoms. The summed E-state index contributed by atoms with van der Waals surface area (Å²) >= 11 is 5.08. The number of hydrogen-bond acceptors (Lipinski definition) is 5. The van der Waals surface area contributed by atoms with Crippen molar-refractivity contribution < 1.29 is 4.79 Å². The molecule has 22 heavy (non-hydrogen) atoms. The SMILES string of the molecule is Cc1cccc(C(=O)NC(=S)Nc2nnn(CC(C)C)n2)c1. The first-order chi connectivity index (χ1) is 10.4. The van der Waals surface area contributed by atoms with Gasteiger partial charge in [-0.15, -0.1) is 5.10 Å². The molecule has 2 N–H and O–H groups in total. The lowest BCUT2D eigenvalue weighted by atomic mass is 10.1. The lowest BCUT2D eigenvalue weighted by Crippen LogP contribution is -2.34. The predicted octanol–water partition coefficient (Wildman–Crippen LogP) is 1.76. The third kappa shape index (κ3) is 4.59. The van der Waals surface area contributed by atoms with E-state index in [2.05, 4.69) is 39.9 Å². The Bertz CT molecular complexity index is 681. The van der Waals surface area contributed by atoms with Crippen molar-refractivity contribution in [3.05, 3.63) is 35.4 Å². The maximum Gasteiger partial charge on any atom is 0.269 e. The van der Waals surface area contributed by atoms with E-state index in [1.165, 1.54) is 4.80 Å². The summed E-state index contributed by atoms with van der Waals surface area (Å²) in [4.78, 5) is 13.5. The number of nitrogens with zero attached hydrogens (tertiary/aromatic N) is 4. The molecular weight excluding hydrogens is 300 g/mol. The third-order valence-electron chi connectivity index (χ3n) is 2.71. The highest BCUT2D eigenvalue weighted by atomic mass is 32.1. The van der Waals surface area contributed by atoms with Crippen LogP contribution in [0.25, 0.3) is 0 Å². The molecule has 0 aliphatic heterocycles. The molecule has 2 aromatic rings. The zero-order valence-electron chi connectivity index (χ0n) is 12.7. The van der Waals surface area contributed by atoms with Crippen molar-refractivity contribution in [2.75, 3.05) is 5.32 Å². The van der Waals surface area contributed by atoms with Crippen LogP contribution in [0.3, 0.4) is 0 Å². The number of anilines is 1. The highest BCUT2D eigenvalue weighted by Crippen LogP contribution is 2.04. The number of aryl methyl sites for hydroxylation is 1. The van der Waals surface area contributed by atoms with E-state index in [4.69, 9.17) is 12.2 Å². The number of amides is 1. The molecule has 1 heterocycles. The minimum atomic E-state index is -0.282. The van der Waals surface area contributed by atoms with Crippen LogP contribution in [0.4, 0.5) is 5.95 Å². The van der Waals surface area contributed by atoms with Crippen molar-refractivity contribution in [2.45, 2.75) is 27.3 Å². The molecule has 1 aromatic heterocycles. The molecule has 0 unspecified atom stereocenters. The van der Waals surface area contributed by atoms with Crippen LogP contribution in [0.1, 0.15) is 29.8 Å². The summed E-state index contributed by atoms with van der Waals surface area (Å²) in [6, 6.07) is 7.25. The van der Waals surface area contributed by atoms with Gasteiger partial charge in [-0.2, -0.15) is 4.80 Å². The van der Waals surface area contributed by atoms with Gasteiger partial charge in [-0.3, -0.25) is 15.4 Å². The van der Waals surface area contributed by atoms with Crippen molar-refractivity contribution in [1.29, 1.82) is 0 Å². The quantitative estimate of drug-likeness (QED) is 0.836. The molecule has 0 saturated heterocycles. The van der Waals surface area contributed by atoms with Crippen LogP contribution in [-0.2, 0) is 6.54 Å². The van der Waals surface area contributed by atoms with E-state index in [-0.39, 0.29) is 17.0 Å². The second kappa shape index (κ2) is 7.08. The molecule has 0 spiro atoms. The first-order valence-corrected chi connectivity index (χ1v) is 7.31. The molecule has 1 amide bonds. The Hall–Kier alpha value is -2.35. The lowest BCUT2D eigenvalue weighted by molar-refractivity contribution is 0.0977. The fraction of sp³-hybridized carbons (Fsp3) is 0.357. The van der Waals surface area contributed by atoms with Gasteiger partial charge in [0.05, 0.1) is 6.54 Å². The normalized spacial score (nSPS) is 10.5. The van der Waals surface area contributed by atoms with Crippen LogP contribution in [0, 0.1) is 12.8 Å². The second-order valence-electron chi connectivity index (χ2n) is 5.34. The summed E-state index contributed by atoms with van der Waals surface area (Å²) in [5.41, 5.74) is 1.55. The Morgan fingerprint density at radius 1 is 1.41 bits per heavy atom. The molecular formula is C14H18N6OS. The number of hydrogen-bond donors (Lipinski definition) is 2. The number of nitrogens with one attached hydrogen (secondary N) is 2. The highest BCUT2D eigenvalue weighted by Gasteiger charge is 2.10. The number of carbonyl (C=O) groups is 1. The third-order valence-corrected chi connectivity index (χ3v) is 2.92. The Morgan fingerprint density at radius 3 is 2.86 bits per heavy atom. The monoisotopic (exact) mass is 318 g/mol. The standard InChI is InChI=1S/C14H18N6OS/c1-9(2)8-20-18-13(17-19-20)16-14(22)15-12(21)11-6-4-5-10(3)7-11/h4-7,9H,8H2,1-3H3,(H2,15,16,18,21,22). The molecule has 7 nitrogen and oxygen atoms in total. The van der Waals surface area contributed by atoms with Gasteiger partial charge in [-0.05, 0) is 42.4 Å². The van der Waals surface area contributed by atoms with E-state index in [0.29, 0.717) is 18.0 Å². The molecule has 0 atom stereocenters. The second-order valence-corrected chi connectivity index (χ2v) is 5.75. The van der Waals surface area contributed by atoms with E-state index >= 15 is 0 Å². The van der Waals surface area contributed by atoms with Crippen LogP contribution >= 0.6 is 12.2 Å². The fourth-order valence-electron chi connectivity index (χ4n) is 1.79. The average Bonchev–Trinajstić information content (AvgIpc) is 2.84. The predicted molar refractivity (Wildman–Crippen MR) is 87.5 cm³/mol. The Kier molecular flexibility index (Phi) is 5.16. The minimum absolute atomic E-state index is 0.135. The first kappa shape index (κ1) is 16.0. The van der Waals surface area contributed by atoms with Crippen LogP contribution in [0.15, 0.2) is 24.3 Å². The van der Waals surface area contributed by atoms with Gasteiger partial charge in [0, 0.05) is 5.56 Å². The van der Waals surface area contributed by atoms with Gasteiger partial charge in [0.15, 0.2) is 5.11 Å². The zero-order chi connectivity index (χ0) is 16.1. The van der Waals surface area contributed by atoms with Gasteiger partial charge < -0.3 is 0 Å². The zero-order valence-corrected chi connectivity index (χ0v) is 13.5. The van der Waals surface area contributed by atoms with E-state index in [9.17, 15) is 4.79 Å². The molecule has 0 aliphatic rings. The summed E-state index contributed by atoms with van der Waals surface area (Å²) in [7, 11) is 0. The molecule has 0 saturated carbocycles. The topological polar surface area (TPSA) is 84.7 Å². The molecule has 0 radical (unpaired) electrons.